The molecule has 0 spiro atoms. The molecule has 0 radical (unpaired) electrons. The number of aliphatic hydroxyl groups excluding tert-OH is 1. The van der Waals surface area contributed by atoms with Crippen molar-refractivity contribution in [3.8, 4) is 0 Å². The van der Waals surface area contributed by atoms with Gasteiger partial charge in [0.1, 0.15) is 0 Å². The molecule has 0 saturated heterocycles. The number of carbonyl (C=O) groups excluding carboxylic acids is 1. The molecule has 0 aliphatic rings. The van der Waals surface area contributed by atoms with Crippen LogP contribution in [0.15, 0.2) is 12.2 Å². The molecule has 174 valence electrons. The first-order chi connectivity index (χ1) is 13.4. The van der Waals surface area contributed by atoms with Crippen molar-refractivity contribution in [1.82, 2.24) is 5.32 Å². The van der Waals surface area contributed by atoms with Crippen LogP contribution in [0.2, 0.25) is 0 Å². The first-order valence-corrected chi connectivity index (χ1v) is 11.8. The van der Waals surface area contributed by atoms with Crippen LogP contribution >= 0.6 is 0 Å². The SMILES string of the molecule is CCCCCCC(O)CC=CCCCCCCCC(=O)NC[N+](C)(C)CCC.[Cl-]. The highest BCUT2D eigenvalue weighted by molar-refractivity contribution is 5.75. The van der Waals surface area contributed by atoms with Crippen molar-refractivity contribution in [3.63, 3.8) is 0 Å². The van der Waals surface area contributed by atoms with Gasteiger partial charge in [0.05, 0.1) is 26.7 Å². The lowest BCUT2D eigenvalue weighted by atomic mass is 10.1. The molecule has 0 saturated carbocycles. The van der Waals surface area contributed by atoms with Crippen LogP contribution in [0.25, 0.3) is 0 Å². The summed E-state index contributed by atoms with van der Waals surface area (Å²) in [7, 11) is 4.32. The maximum absolute atomic E-state index is 11.9. The van der Waals surface area contributed by atoms with Crippen molar-refractivity contribution in [3.05, 3.63) is 12.2 Å². The van der Waals surface area contributed by atoms with Crippen LogP contribution in [0.3, 0.4) is 0 Å². The number of hydrogen-bond donors (Lipinski definition) is 2. The zero-order valence-corrected chi connectivity index (χ0v) is 20.5. The predicted octanol–water partition coefficient (Wildman–Crippen LogP) is 2.56. The number of unbranched alkanes of at least 4 members (excludes halogenated alkanes) is 8. The molecule has 0 aliphatic carbocycles. The molecule has 4 nitrogen and oxygen atoms in total. The Kier molecular flexibility index (Phi) is 21.8. The summed E-state index contributed by atoms with van der Waals surface area (Å²) in [4.78, 5) is 11.9. The third-order valence-corrected chi connectivity index (χ3v) is 5.27. The quantitative estimate of drug-likeness (QED) is 0.143. The number of amides is 1. The summed E-state index contributed by atoms with van der Waals surface area (Å²) in [5.41, 5.74) is 0. The first-order valence-electron chi connectivity index (χ1n) is 11.8. The number of hydrogen-bond acceptors (Lipinski definition) is 2. The van der Waals surface area contributed by atoms with E-state index >= 15 is 0 Å². The van der Waals surface area contributed by atoms with Crippen molar-refractivity contribution in [1.29, 1.82) is 0 Å². The van der Waals surface area contributed by atoms with Gasteiger partial charge in [-0.3, -0.25) is 4.79 Å². The molecule has 2 N–H and O–H groups in total. The molecule has 0 heterocycles. The van der Waals surface area contributed by atoms with Gasteiger partial charge in [-0.1, -0.05) is 70.9 Å². The van der Waals surface area contributed by atoms with E-state index in [-0.39, 0.29) is 24.4 Å². The summed E-state index contributed by atoms with van der Waals surface area (Å²) in [6, 6.07) is 0. The Labute approximate surface area is 187 Å². The fraction of sp³-hybridized carbons (Fsp3) is 0.875. The smallest absolute Gasteiger partial charge is 0.224 e. The van der Waals surface area contributed by atoms with E-state index in [4.69, 9.17) is 0 Å². The van der Waals surface area contributed by atoms with Crippen LogP contribution < -0.4 is 17.7 Å². The van der Waals surface area contributed by atoms with E-state index in [0.29, 0.717) is 6.42 Å². The van der Waals surface area contributed by atoms with Gasteiger partial charge < -0.3 is 27.3 Å². The number of nitrogens with zero attached hydrogens (tertiary/aromatic N) is 1. The van der Waals surface area contributed by atoms with Crippen LogP contribution in [-0.2, 0) is 4.79 Å². The number of nitrogens with one attached hydrogen (secondary N) is 1. The second-order valence-corrected chi connectivity index (χ2v) is 8.93. The lowest BCUT2D eigenvalue weighted by Gasteiger charge is -2.29. The molecule has 0 aromatic rings. The molecular weight excluding hydrogens is 384 g/mol. The average Bonchev–Trinajstić information content (AvgIpc) is 2.65. The topological polar surface area (TPSA) is 49.3 Å². The third kappa shape index (κ3) is 21.9. The van der Waals surface area contributed by atoms with E-state index in [1.54, 1.807) is 0 Å². The lowest BCUT2D eigenvalue weighted by Crippen LogP contribution is -3.00. The Morgan fingerprint density at radius 2 is 1.59 bits per heavy atom. The van der Waals surface area contributed by atoms with E-state index < -0.39 is 0 Å². The number of aliphatic hydroxyl groups is 1. The van der Waals surface area contributed by atoms with E-state index in [1.165, 1.54) is 38.5 Å². The number of carbonyl (C=O) groups is 1. The monoisotopic (exact) mass is 432 g/mol. The fourth-order valence-electron chi connectivity index (χ4n) is 3.45. The second-order valence-electron chi connectivity index (χ2n) is 8.93. The van der Waals surface area contributed by atoms with Crippen LogP contribution in [0.1, 0.15) is 104 Å². The minimum atomic E-state index is -0.161. The number of halogens is 1. The highest BCUT2D eigenvalue weighted by Gasteiger charge is 2.14. The van der Waals surface area contributed by atoms with Crippen LogP contribution in [0.5, 0.6) is 0 Å². The Hall–Kier alpha value is -0.580. The molecule has 1 atom stereocenters. The summed E-state index contributed by atoms with van der Waals surface area (Å²) in [6.07, 6.45) is 19.5. The summed E-state index contributed by atoms with van der Waals surface area (Å²) in [5, 5.41) is 13.0. The molecular formula is C24H49ClN2O2. The third-order valence-electron chi connectivity index (χ3n) is 5.27. The van der Waals surface area contributed by atoms with E-state index in [1.807, 2.05) is 0 Å². The first kappa shape index (κ1) is 30.6. The molecule has 0 rings (SSSR count). The number of quaternary nitrogens is 1. The van der Waals surface area contributed by atoms with Crippen LogP contribution in [0.4, 0.5) is 0 Å². The lowest BCUT2D eigenvalue weighted by molar-refractivity contribution is -0.892. The molecule has 0 aromatic carbocycles. The van der Waals surface area contributed by atoms with Crippen LogP contribution in [0, 0.1) is 0 Å². The summed E-state index contributed by atoms with van der Waals surface area (Å²) in [6.45, 7) is 6.21. The van der Waals surface area contributed by atoms with Crippen LogP contribution in [-0.4, -0.2) is 48.9 Å². The zero-order valence-electron chi connectivity index (χ0n) is 19.7. The Balaban J connectivity index is 0. The van der Waals surface area contributed by atoms with Crippen molar-refractivity contribution >= 4 is 5.91 Å². The summed E-state index contributed by atoms with van der Waals surface area (Å²) >= 11 is 0. The van der Waals surface area contributed by atoms with Gasteiger partial charge in [0, 0.05) is 6.42 Å². The minimum absolute atomic E-state index is 0. The normalized spacial score (nSPS) is 12.7. The molecule has 1 amide bonds. The van der Waals surface area contributed by atoms with Gasteiger partial charge in [0.15, 0.2) is 6.67 Å². The van der Waals surface area contributed by atoms with Gasteiger partial charge in [-0.15, -0.1) is 0 Å². The summed E-state index contributed by atoms with van der Waals surface area (Å²) < 4.78 is 0.853. The predicted molar refractivity (Wildman–Crippen MR) is 121 cm³/mol. The van der Waals surface area contributed by atoms with Gasteiger partial charge in [0.2, 0.25) is 5.91 Å². The standard InChI is InChI=1S/C24H48N2O2.ClH/c1-5-7-8-15-18-23(27)19-16-13-11-9-10-12-14-17-20-24(28)25-22-26(3,4)21-6-2;/h13,16,23,27H,5-12,14-15,17-22H2,1-4H3;1H. The Morgan fingerprint density at radius 3 is 2.28 bits per heavy atom. The molecule has 1 unspecified atom stereocenters. The molecule has 0 fully saturated rings. The van der Waals surface area contributed by atoms with Gasteiger partial charge in [-0.2, -0.15) is 0 Å². The maximum atomic E-state index is 11.9. The maximum Gasteiger partial charge on any atom is 0.224 e. The van der Waals surface area contributed by atoms with E-state index in [0.717, 1.165) is 62.6 Å². The molecule has 29 heavy (non-hydrogen) atoms. The fourth-order valence-corrected chi connectivity index (χ4v) is 3.45. The molecule has 5 heteroatoms. The van der Waals surface area contributed by atoms with Crippen molar-refractivity contribution in [2.75, 3.05) is 27.3 Å². The molecule has 0 bridgehead atoms. The highest BCUT2D eigenvalue weighted by atomic mass is 35.5. The van der Waals surface area contributed by atoms with Crippen molar-refractivity contribution < 1.29 is 26.8 Å². The van der Waals surface area contributed by atoms with Crippen molar-refractivity contribution in [2.45, 2.75) is 110 Å². The summed E-state index contributed by atoms with van der Waals surface area (Å²) in [5.74, 6) is 0.193. The number of allylic oxidation sites excluding steroid dienone is 1. The molecule has 0 aliphatic heterocycles. The molecule has 0 aromatic heterocycles. The minimum Gasteiger partial charge on any atom is -1.00 e. The van der Waals surface area contributed by atoms with Gasteiger partial charge >= 0.3 is 0 Å². The largest absolute Gasteiger partial charge is 1.00 e. The van der Waals surface area contributed by atoms with Gasteiger partial charge in [0.25, 0.3) is 0 Å². The van der Waals surface area contributed by atoms with Crippen molar-refractivity contribution in [2.24, 2.45) is 0 Å². The van der Waals surface area contributed by atoms with Gasteiger partial charge in [-0.05, 0) is 38.5 Å². The second kappa shape index (κ2) is 20.7. The average molecular weight is 433 g/mol. The highest BCUT2D eigenvalue weighted by Crippen LogP contribution is 2.10. The Bertz CT molecular complexity index is 400. The Morgan fingerprint density at radius 1 is 0.931 bits per heavy atom. The van der Waals surface area contributed by atoms with E-state index in [9.17, 15) is 9.90 Å². The number of rotatable bonds is 19. The van der Waals surface area contributed by atoms with Gasteiger partial charge in [-0.25, -0.2) is 0 Å². The van der Waals surface area contributed by atoms with E-state index in [2.05, 4.69) is 45.4 Å². The zero-order chi connectivity index (χ0) is 21.1.